The largest absolute Gasteiger partial charge is 0.465 e. The number of carbonyl (C=O) groups excluding carboxylic acids is 2. The highest BCUT2D eigenvalue weighted by molar-refractivity contribution is 7.19. The van der Waals surface area contributed by atoms with Crippen molar-refractivity contribution >= 4 is 34.0 Å². The van der Waals surface area contributed by atoms with Crippen molar-refractivity contribution in [2.24, 2.45) is 0 Å². The maximum atomic E-state index is 11.7. The molecule has 0 aromatic carbocycles. The number of anilines is 2. The highest BCUT2D eigenvalue weighted by Gasteiger charge is 2.26. The zero-order valence-electron chi connectivity index (χ0n) is 10.5. The lowest BCUT2D eigenvalue weighted by Crippen LogP contribution is -2.09. The number of nitrogens with two attached hydrogens (primary N) is 1. The maximum Gasteiger partial charge on any atom is 0.350 e. The molecule has 0 atom stereocenters. The van der Waals surface area contributed by atoms with Crippen LogP contribution in [0, 0.1) is 0 Å². The average Bonchev–Trinajstić information content (AvgIpc) is 2.66. The molecule has 0 aliphatic rings. The van der Waals surface area contributed by atoms with Gasteiger partial charge in [-0.1, -0.05) is 0 Å². The van der Waals surface area contributed by atoms with E-state index >= 15 is 0 Å². The van der Waals surface area contributed by atoms with Gasteiger partial charge in [-0.3, -0.25) is 0 Å². The summed E-state index contributed by atoms with van der Waals surface area (Å²) in [7, 11) is 1.26. The summed E-state index contributed by atoms with van der Waals surface area (Å²) < 4.78 is 9.53. The molecular formula is C11H16N2O4S. The van der Waals surface area contributed by atoms with Gasteiger partial charge in [0.25, 0.3) is 0 Å². The predicted octanol–water partition coefficient (Wildman–Crippen LogP) is 1.73. The quantitative estimate of drug-likeness (QED) is 0.793. The van der Waals surface area contributed by atoms with E-state index in [0.29, 0.717) is 11.5 Å². The van der Waals surface area contributed by atoms with Crippen molar-refractivity contribution < 1.29 is 19.1 Å². The minimum atomic E-state index is -0.574. The predicted molar refractivity (Wildman–Crippen MR) is 70.2 cm³/mol. The van der Waals surface area contributed by atoms with Crippen LogP contribution in [0.15, 0.2) is 0 Å². The van der Waals surface area contributed by atoms with Crippen molar-refractivity contribution in [3.63, 3.8) is 0 Å². The van der Waals surface area contributed by atoms with Crippen LogP contribution in [0.5, 0.6) is 0 Å². The molecule has 1 rings (SSSR count). The Labute approximate surface area is 109 Å². The molecule has 0 amide bonds. The van der Waals surface area contributed by atoms with Crippen LogP contribution in [0.2, 0.25) is 0 Å². The molecule has 3 N–H and O–H groups in total. The molecule has 0 bridgehead atoms. The summed E-state index contributed by atoms with van der Waals surface area (Å²) in [5, 5.41) is 3.50. The van der Waals surface area contributed by atoms with Gasteiger partial charge in [-0.2, -0.15) is 0 Å². The zero-order chi connectivity index (χ0) is 13.7. The van der Waals surface area contributed by atoms with Gasteiger partial charge in [0, 0.05) is 6.54 Å². The topological polar surface area (TPSA) is 90.6 Å². The lowest BCUT2D eigenvalue weighted by molar-refractivity contribution is 0.0533. The fourth-order valence-electron chi connectivity index (χ4n) is 1.38. The first-order valence-electron chi connectivity index (χ1n) is 5.48. The Morgan fingerprint density at radius 1 is 1.33 bits per heavy atom. The summed E-state index contributed by atoms with van der Waals surface area (Å²) in [6.07, 6.45) is 0. The minimum Gasteiger partial charge on any atom is -0.465 e. The van der Waals surface area contributed by atoms with Crippen LogP contribution in [0.1, 0.15) is 33.9 Å². The first-order valence-corrected chi connectivity index (χ1v) is 6.29. The highest BCUT2D eigenvalue weighted by Crippen LogP contribution is 2.36. The summed E-state index contributed by atoms with van der Waals surface area (Å²) in [5.74, 6) is -1.11. The van der Waals surface area contributed by atoms with Crippen LogP contribution < -0.4 is 11.1 Å². The van der Waals surface area contributed by atoms with Crippen molar-refractivity contribution in [1.82, 2.24) is 0 Å². The van der Waals surface area contributed by atoms with Crippen molar-refractivity contribution in [2.45, 2.75) is 13.8 Å². The molecule has 1 aromatic heterocycles. The molecule has 7 heteroatoms. The molecule has 18 heavy (non-hydrogen) atoms. The Morgan fingerprint density at radius 3 is 2.50 bits per heavy atom. The Hall–Kier alpha value is -1.76. The number of carbonyl (C=O) groups is 2. The molecular weight excluding hydrogens is 256 g/mol. The van der Waals surface area contributed by atoms with Crippen LogP contribution in [0.4, 0.5) is 10.7 Å². The molecule has 1 aromatic rings. The fourth-order valence-corrected chi connectivity index (χ4v) is 2.45. The van der Waals surface area contributed by atoms with Gasteiger partial charge >= 0.3 is 11.9 Å². The minimum absolute atomic E-state index is 0.0984. The molecule has 0 fully saturated rings. The van der Waals surface area contributed by atoms with Crippen LogP contribution in [-0.2, 0) is 9.47 Å². The highest BCUT2D eigenvalue weighted by atomic mass is 32.1. The Balaban J connectivity index is 3.23. The third-order valence-corrected chi connectivity index (χ3v) is 3.28. The first-order chi connectivity index (χ1) is 8.56. The number of hydrogen-bond donors (Lipinski definition) is 2. The Kier molecular flexibility index (Phi) is 4.96. The van der Waals surface area contributed by atoms with Crippen molar-refractivity contribution in [3.05, 3.63) is 10.4 Å². The number of ether oxygens (including phenoxy) is 2. The SMILES string of the molecule is CCNc1sc(C(=O)OCC)c(N)c1C(=O)OC. The number of rotatable bonds is 5. The van der Waals surface area contributed by atoms with Gasteiger partial charge in [-0.15, -0.1) is 11.3 Å². The third kappa shape index (κ3) is 2.73. The van der Waals surface area contributed by atoms with Crippen LogP contribution >= 0.6 is 11.3 Å². The van der Waals surface area contributed by atoms with Gasteiger partial charge in [0.2, 0.25) is 0 Å². The van der Waals surface area contributed by atoms with E-state index in [4.69, 9.17) is 10.5 Å². The van der Waals surface area contributed by atoms with Gasteiger partial charge in [0.15, 0.2) is 0 Å². The second-order valence-electron chi connectivity index (χ2n) is 3.29. The molecule has 0 aliphatic heterocycles. The second-order valence-corrected chi connectivity index (χ2v) is 4.31. The average molecular weight is 272 g/mol. The van der Waals surface area contributed by atoms with E-state index in [-0.39, 0.29) is 22.7 Å². The lowest BCUT2D eigenvalue weighted by Gasteiger charge is -2.03. The smallest absolute Gasteiger partial charge is 0.350 e. The van der Waals surface area contributed by atoms with Gasteiger partial charge in [0.05, 0.1) is 19.4 Å². The normalized spacial score (nSPS) is 9.94. The molecule has 0 aliphatic carbocycles. The summed E-state index contributed by atoms with van der Waals surface area (Å²) in [6.45, 7) is 4.43. The zero-order valence-corrected chi connectivity index (χ0v) is 11.3. The van der Waals surface area contributed by atoms with Crippen LogP contribution in [0.25, 0.3) is 0 Å². The van der Waals surface area contributed by atoms with E-state index in [1.807, 2.05) is 6.92 Å². The summed E-state index contributed by atoms with van der Waals surface area (Å²) in [4.78, 5) is 23.5. The number of nitrogens with one attached hydrogen (secondary N) is 1. The van der Waals surface area contributed by atoms with E-state index in [1.165, 1.54) is 7.11 Å². The Morgan fingerprint density at radius 2 is 2.00 bits per heavy atom. The molecule has 0 saturated carbocycles. The molecule has 0 spiro atoms. The van der Waals surface area contributed by atoms with Gasteiger partial charge in [-0.25, -0.2) is 9.59 Å². The van der Waals surface area contributed by atoms with Crippen molar-refractivity contribution in [1.29, 1.82) is 0 Å². The monoisotopic (exact) mass is 272 g/mol. The van der Waals surface area contributed by atoms with E-state index in [0.717, 1.165) is 11.3 Å². The fraction of sp³-hybridized carbons (Fsp3) is 0.455. The second kappa shape index (κ2) is 6.25. The summed E-state index contributed by atoms with van der Waals surface area (Å²) in [6, 6.07) is 0. The molecule has 0 saturated heterocycles. The number of hydrogen-bond acceptors (Lipinski definition) is 7. The lowest BCUT2D eigenvalue weighted by atomic mass is 10.2. The third-order valence-electron chi connectivity index (χ3n) is 2.13. The van der Waals surface area contributed by atoms with Crippen LogP contribution in [-0.4, -0.2) is 32.2 Å². The van der Waals surface area contributed by atoms with Gasteiger partial charge in [-0.05, 0) is 13.8 Å². The van der Waals surface area contributed by atoms with E-state index in [9.17, 15) is 9.59 Å². The van der Waals surface area contributed by atoms with Crippen molar-refractivity contribution in [2.75, 3.05) is 31.3 Å². The number of nitrogen functional groups attached to an aromatic ring is 1. The number of esters is 2. The van der Waals surface area contributed by atoms with E-state index in [2.05, 4.69) is 10.1 Å². The van der Waals surface area contributed by atoms with Gasteiger partial charge < -0.3 is 20.5 Å². The standard InChI is InChI=1S/C11H16N2O4S/c1-4-13-9-6(10(14)16-3)7(12)8(18-9)11(15)17-5-2/h13H,4-5,12H2,1-3H3. The first kappa shape index (κ1) is 14.3. The van der Waals surface area contributed by atoms with Crippen LogP contribution in [0.3, 0.4) is 0 Å². The molecule has 0 radical (unpaired) electrons. The maximum absolute atomic E-state index is 11.7. The van der Waals surface area contributed by atoms with Crippen molar-refractivity contribution in [3.8, 4) is 0 Å². The molecule has 100 valence electrons. The van der Waals surface area contributed by atoms with Gasteiger partial charge in [0.1, 0.15) is 15.4 Å². The molecule has 0 unspecified atom stereocenters. The number of thiophene rings is 1. The Bertz CT molecular complexity index is 456. The molecule has 6 nitrogen and oxygen atoms in total. The number of methoxy groups -OCH3 is 1. The van der Waals surface area contributed by atoms with E-state index in [1.54, 1.807) is 6.92 Å². The summed E-state index contributed by atoms with van der Waals surface area (Å²) in [5.41, 5.74) is 6.10. The summed E-state index contributed by atoms with van der Waals surface area (Å²) >= 11 is 1.09. The van der Waals surface area contributed by atoms with E-state index < -0.39 is 11.9 Å². The molecule has 1 heterocycles.